The van der Waals surface area contributed by atoms with Gasteiger partial charge in [-0.15, -0.1) is 0 Å². The molecule has 1 unspecified atom stereocenters. The molecule has 0 aliphatic heterocycles. The highest BCUT2D eigenvalue weighted by atomic mass is 16.3. The highest BCUT2D eigenvalue weighted by Gasteiger charge is 2.17. The lowest BCUT2D eigenvalue weighted by molar-refractivity contribution is 0.136. The van der Waals surface area contributed by atoms with E-state index in [1.54, 1.807) is 0 Å². The molecule has 0 amide bonds. The van der Waals surface area contributed by atoms with Gasteiger partial charge in [0.25, 0.3) is 0 Å². The van der Waals surface area contributed by atoms with Crippen LogP contribution < -0.4 is 5.32 Å². The van der Waals surface area contributed by atoms with Gasteiger partial charge in [-0.2, -0.15) is 0 Å². The second kappa shape index (κ2) is 4.83. The Morgan fingerprint density at radius 3 is 2.50 bits per heavy atom. The number of nitrogens with one attached hydrogen (secondary N) is 1. The first-order valence-electron chi connectivity index (χ1n) is 5.10. The Morgan fingerprint density at radius 1 is 1.42 bits per heavy atom. The van der Waals surface area contributed by atoms with Crippen molar-refractivity contribution < 1.29 is 5.11 Å². The van der Waals surface area contributed by atoms with Crippen LogP contribution in [0, 0.1) is 5.92 Å². The quantitative estimate of drug-likeness (QED) is 0.657. The predicted octanol–water partition coefficient (Wildman–Crippen LogP) is 1.54. The molecule has 1 aliphatic carbocycles. The molecule has 0 bridgehead atoms. The van der Waals surface area contributed by atoms with Gasteiger partial charge in [-0.25, -0.2) is 0 Å². The van der Waals surface area contributed by atoms with Gasteiger partial charge in [0.15, 0.2) is 0 Å². The van der Waals surface area contributed by atoms with E-state index in [0.717, 1.165) is 13.0 Å². The maximum atomic E-state index is 9.53. The molecule has 0 aromatic heterocycles. The van der Waals surface area contributed by atoms with Gasteiger partial charge in [0.2, 0.25) is 0 Å². The lowest BCUT2D eigenvalue weighted by Crippen LogP contribution is -2.40. The standard InChI is InChI=1S/C10H21NO/c1-8(2)6-10(12)7-11-9-4-3-5-9/h8-12H,3-7H2,1-2H3. The fourth-order valence-corrected chi connectivity index (χ4v) is 1.54. The van der Waals surface area contributed by atoms with Crippen molar-refractivity contribution in [2.45, 2.75) is 51.7 Å². The molecule has 0 aromatic rings. The van der Waals surface area contributed by atoms with E-state index in [2.05, 4.69) is 19.2 Å². The SMILES string of the molecule is CC(C)CC(O)CNC1CCC1. The van der Waals surface area contributed by atoms with E-state index < -0.39 is 0 Å². The summed E-state index contributed by atoms with van der Waals surface area (Å²) in [5, 5.41) is 12.9. The molecule has 1 saturated carbocycles. The zero-order chi connectivity index (χ0) is 8.97. The van der Waals surface area contributed by atoms with Gasteiger partial charge in [0, 0.05) is 12.6 Å². The van der Waals surface area contributed by atoms with Crippen LogP contribution >= 0.6 is 0 Å². The van der Waals surface area contributed by atoms with Crippen LogP contribution in [0.1, 0.15) is 39.5 Å². The van der Waals surface area contributed by atoms with Crippen LogP contribution in [-0.2, 0) is 0 Å². The monoisotopic (exact) mass is 171 g/mol. The van der Waals surface area contributed by atoms with Crippen molar-refractivity contribution in [3.05, 3.63) is 0 Å². The molecule has 2 nitrogen and oxygen atoms in total. The first kappa shape index (κ1) is 10.0. The fraction of sp³-hybridized carbons (Fsp3) is 1.00. The van der Waals surface area contributed by atoms with Crippen LogP contribution in [0.15, 0.2) is 0 Å². The van der Waals surface area contributed by atoms with Gasteiger partial charge >= 0.3 is 0 Å². The van der Waals surface area contributed by atoms with E-state index >= 15 is 0 Å². The van der Waals surface area contributed by atoms with Crippen molar-refractivity contribution in [2.75, 3.05) is 6.54 Å². The fourth-order valence-electron chi connectivity index (χ4n) is 1.54. The summed E-state index contributed by atoms with van der Waals surface area (Å²) in [5.74, 6) is 0.600. The van der Waals surface area contributed by atoms with Crippen LogP contribution in [0.5, 0.6) is 0 Å². The van der Waals surface area contributed by atoms with E-state index in [4.69, 9.17) is 0 Å². The summed E-state index contributed by atoms with van der Waals surface area (Å²) in [4.78, 5) is 0. The van der Waals surface area contributed by atoms with Gasteiger partial charge in [0.05, 0.1) is 6.10 Å². The number of hydrogen-bond donors (Lipinski definition) is 2. The molecule has 2 N–H and O–H groups in total. The minimum Gasteiger partial charge on any atom is -0.392 e. The lowest BCUT2D eigenvalue weighted by Gasteiger charge is -2.28. The maximum Gasteiger partial charge on any atom is 0.0667 e. The summed E-state index contributed by atoms with van der Waals surface area (Å²) in [6.07, 6.45) is 4.73. The second-order valence-electron chi connectivity index (χ2n) is 4.32. The summed E-state index contributed by atoms with van der Waals surface area (Å²) in [7, 11) is 0. The molecule has 0 spiro atoms. The van der Waals surface area contributed by atoms with Crippen LogP contribution in [0.2, 0.25) is 0 Å². The van der Waals surface area contributed by atoms with E-state index in [1.807, 2.05) is 0 Å². The first-order chi connectivity index (χ1) is 5.68. The van der Waals surface area contributed by atoms with Crippen LogP contribution in [0.25, 0.3) is 0 Å². The van der Waals surface area contributed by atoms with Gasteiger partial charge in [0.1, 0.15) is 0 Å². The van der Waals surface area contributed by atoms with Gasteiger partial charge in [-0.3, -0.25) is 0 Å². The Morgan fingerprint density at radius 2 is 2.08 bits per heavy atom. The Kier molecular flexibility index (Phi) is 4.02. The summed E-state index contributed by atoms with van der Waals surface area (Å²) in [6, 6.07) is 0.701. The first-order valence-corrected chi connectivity index (χ1v) is 5.10. The Hall–Kier alpha value is -0.0800. The van der Waals surface area contributed by atoms with E-state index in [9.17, 15) is 5.11 Å². The van der Waals surface area contributed by atoms with Crippen molar-refractivity contribution >= 4 is 0 Å². The molecule has 1 rings (SSSR count). The van der Waals surface area contributed by atoms with Gasteiger partial charge < -0.3 is 10.4 Å². The Balaban J connectivity index is 1.97. The molecule has 1 aliphatic rings. The molecular formula is C10H21NO. The molecule has 72 valence electrons. The Labute approximate surface area is 75.4 Å². The minimum atomic E-state index is -0.148. The largest absolute Gasteiger partial charge is 0.392 e. The van der Waals surface area contributed by atoms with Crippen molar-refractivity contribution in [1.82, 2.24) is 5.32 Å². The van der Waals surface area contributed by atoms with Gasteiger partial charge in [-0.1, -0.05) is 20.3 Å². The van der Waals surface area contributed by atoms with Crippen molar-refractivity contribution in [1.29, 1.82) is 0 Å². The van der Waals surface area contributed by atoms with Gasteiger partial charge in [-0.05, 0) is 25.2 Å². The average Bonchev–Trinajstić information content (AvgIpc) is 1.81. The van der Waals surface area contributed by atoms with E-state index in [0.29, 0.717) is 12.0 Å². The van der Waals surface area contributed by atoms with Crippen LogP contribution in [0.4, 0.5) is 0 Å². The summed E-state index contributed by atoms with van der Waals surface area (Å²) < 4.78 is 0. The summed E-state index contributed by atoms with van der Waals surface area (Å²) in [6.45, 7) is 5.07. The number of rotatable bonds is 5. The van der Waals surface area contributed by atoms with Crippen molar-refractivity contribution in [2.24, 2.45) is 5.92 Å². The third kappa shape index (κ3) is 3.55. The normalized spacial score (nSPS) is 21.0. The maximum absolute atomic E-state index is 9.53. The molecule has 1 atom stereocenters. The molecule has 0 aromatic carbocycles. The van der Waals surface area contributed by atoms with E-state index in [-0.39, 0.29) is 6.10 Å². The van der Waals surface area contributed by atoms with Crippen molar-refractivity contribution in [3.8, 4) is 0 Å². The molecule has 0 saturated heterocycles. The molecule has 12 heavy (non-hydrogen) atoms. The number of aliphatic hydroxyl groups excluding tert-OH is 1. The second-order valence-corrected chi connectivity index (χ2v) is 4.32. The zero-order valence-electron chi connectivity index (χ0n) is 8.21. The Bertz CT molecular complexity index is 121. The zero-order valence-corrected chi connectivity index (χ0v) is 8.21. The number of aliphatic hydroxyl groups is 1. The molecule has 0 radical (unpaired) electrons. The van der Waals surface area contributed by atoms with Crippen LogP contribution in [0.3, 0.4) is 0 Å². The molecule has 0 heterocycles. The third-order valence-corrected chi connectivity index (χ3v) is 2.49. The van der Waals surface area contributed by atoms with Crippen LogP contribution in [-0.4, -0.2) is 23.8 Å². The predicted molar refractivity (Wildman–Crippen MR) is 51.1 cm³/mol. The van der Waals surface area contributed by atoms with Crippen molar-refractivity contribution in [3.63, 3.8) is 0 Å². The average molecular weight is 171 g/mol. The molecular weight excluding hydrogens is 150 g/mol. The van der Waals surface area contributed by atoms with E-state index in [1.165, 1.54) is 19.3 Å². The molecule has 1 fully saturated rings. The lowest BCUT2D eigenvalue weighted by atomic mass is 9.93. The highest BCUT2D eigenvalue weighted by Crippen LogP contribution is 2.18. The topological polar surface area (TPSA) is 32.3 Å². The molecule has 2 heteroatoms. The third-order valence-electron chi connectivity index (χ3n) is 2.49. The highest BCUT2D eigenvalue weighted by molar-refractivity contribution is 4.77. The number of hydrogen-bond acceptors (Lipinski definition) is 2. The minimum absolute atomic E-state index is 0.148. The summed E-state index contributed by atoms with van der Waals surface area (Å²) >= 11 is 0. The smallest absolute Gasteiger partial charge is 0.0667 e. The summed E-state index contributed by atoms with van der Waals surface area (Å²) in [5.41, 5.74) is 0.